The standard InChI is InChI=1S/C55H32N4O2/c1-2-13-33(14-3-1)34-17-12-18-37(29-34)53-56-54(38-25-26-42-40-20-7-10-23-48(40)60-50(42)32-38)58-55(57-53)44-28-27-43-41-21-8-11-24-49(41)61-52(43)51(44)59-46-22-9-6-19-39(46)45-30-35-15-4-5-16-36(35)31-47(45)59/h1-32H. The normalized spacial score (nSPS) is 11.9. The maximum Gasteiger partial charge on any atom is 0.166 e. The highest BCUT2D eigenvalue weighted by Gasteiger charge is 2.25. The third-order valence-electron chi connectivity index (χ3n) is 12.0. The third-order valence-corrected chi connectivity index (χ3v) is 12.0. The lowest BCUT2D eigenvalue weighted by Crippen LogP contribution is -2.04. The van der Waals surface area contributed by atoms with E-state index in [1.54, 1.807) is 0 Å². The van der Waals surface area contributed by atoms with Gasteiger partial charge in [0.25, 0.3) is 0 Å². The Labute approximate surface area is 348 Å². The first kappa shape index (κ1) is 33.6. The molecule has 6 nitrogen and oxygen atoms in total. The number of benzene rings is 9. The van der Waals surface area contributed by atoms with Crippen molar-refractivity contribution in [3.05, 3.63) is 194 Å². The minimum Gasteiger partial charge on any atom is -0.456 e. The topological polar surface area (TPSA) is 69.9 Å². The summed E-state index contributed by atoms with van der Waals surface area (Å²) in [6.07, 6.45) is 0. The van der Waals surface area contributed by atoms with E-state index in [0.717, 1.165) is 105 Å². The predicted octanol–water partition coefficient (Wildman–Crippen LogP) is 14.6. The van der Waals surface area contributed by atoms with E-state index in [-0.39, 0.29) is 0 Å². The zero-order chi connectivity index (χ0) is 40.0. The molecule has 4 aromatic heterocycles. The van der Waals surface area contributed by atoms with Gasteiger partial charge in [0.05, 0.1) is 11.0 Å². The average molecular weight is 781 g/mol. The maximum atomic E-state index is 6.92. The molecule has 0 aliphatic heterocycles. The highest BCUT2D eigenvalue weighted by atomic mass is 16.3. The Morgan fingerprint density at radius 2 is 0.918 bits per heavy atom. The van der Waals surface area contributed by atoms with Gasteiger partial charge in [0.2, 0.25) is 0 Å². The van der Waals surface area contributed by atoms with Gasteiger partial charge in [-0.3, -0.25) is 0 Å². The number of furan rings is 2. The molecule has 0 spiro atoms. The molecule has 284 valence electrons. The maximum absolute atomic E-state index is 6.92. The lowest BCUT2D eigenvalue weighted by Gasteiger charge is -2.15. The SMILES string of the molecule is c1ccc(-c2cccc(-c3nc(-c4ccc5c(c4)oc4ccccc45)nc(-c4ccc5c(oc6ccccc65)c4-n4c5ccccc5c5cc6ccccc6cc54)n3)c2)cc1. The Bertz CT molecular complexity index is 3900. The second kappa shape index (κ2) is 13.1. The van der Waals surface area contributed by atoms with Crippen molar-refractivity contribution in [1.29, 1.82) is 0 Å². The molecule has 0 fully saturated rings. The first-order valence-electron chi connectivity index (χ1n) is 20.4. The lowest BCUT2D eigenvalue weighted by molar-refractivity contribution is 0.666. The average Bonchev–Trinajstić information content (AvgIpc) is 4.00. The quantitative estimate of drug-likeness (QED) is 0.174. The second-order valence-electron chi connectivity index (χ2n) is 15.6. The Balaban J connectivity index is 1.13. The zero-order valence-corrected chi connectivity index (χ0v) is 32.6. The minimum atomic E-state index is 0.527. The molecule has 0 atom stereocenters. The van der Waals surface area contributed by atoms with Crippen LogP contribution in [0.1, 0.15) is 0 Å². The first-order chi connectivity index (χ1) is 30.2. The molecule has 0 N–H and O–H groups in total. The molecule has 9 aromatic carbocycles. The van der Waals surface area contributed by atoms with Crippen LogP contribution in [0.25, 0.3) is 127 Å². The molecule has 6 heteroatoms. The van der Waals surface area contributed by atoms with Crippen LogP contribution in [-0.4, -0.2) is 19.5 Å². The molecule has 13 aromatic rings. The van der Waals surface area contributed by atoms with Gasteiger partial charge in [-0.15, -0.1) is 0 Å². The summed E-state index contributed by atoms with van der Waals surface area (Å²) >= 11 is 0. The second-order valence-corrected chi connectivity index (χ2v) is 15.6. The summed E-state index contributed by atoms with van der Waals surface area (Å²) < 4.78 is 15.6. The van der Waals surface area contributed by atoms with Crippen molar-refractivity contribution in [1.82, 2.24) is 19.5 Å². The van der Waals surface area contributed by atoms with Crippen LogP contribution >= 0.6 is 0 Å². The smallest absolute Gasteiger partial charge is 0.166 e. The van der Waals surface area contributed by atoms with Crippen molar-refractivity contribution in [2.24, 2.45) is 0 Å². The lowest BCUT2D eigenvalue weighted by atomic mass is 10.0. The van der Waals surface area contributed by atoms with Crippen LogP contribution < -0.4 is 0 Å². The molecule has 61 heavy (non-hydrogen) atoms. The molecule has 0 radical (unpaired) electrons. The molecule has 13 rings (SSSR count). The van der Waals surface area contributed by atoms with Gasteiger partial charge >= 0.3 is 0 Å². The van der Waals surface area contributed by atoms with Crippen LogP contribution in [-0.2, 0) is 0 Å². The Hall–Kier alpha value is -8.35. The Kier molecular flexibility index (Phi) is 7.21. The summed E-state index contributed by atoms with van der Waals surface area (Å²) in [5.41, 5.74) is 10.9. The summed E-state index contributed by atoms with van der Waals surface area (Å²) in [4.78, 5) is 16.0. The van der Waals surface area contributed by atoms with Crippen LogP contribution in [0.4, 0.5) is 0 Å². The fourth-order valence-electron chi connectivity index (χ4n) is 9.16. The van der Waals surface area contributed by atoms with E-state index in [9.17, 15) is 0 Å². The largest absolute Gasteiger partial charge is 0.456 e. The highest BCUT2D eigenvalue weighted by Crippen LogP contribution is 2.44. The van der Waals surface area contributed by atoms with Crippen molar-refractivity contribution in [3.63, 3.8) is 0 Å². The summed E-state index contributed by atoms with van der Waals surface area (Å²) in [5.74, 6) is 1.63. The molecule has 0 unspecified atom stereocenters. The van der Waals surface area contributed by atoms with Crippen LogP contribution in [0, 0.1) is 0 Å². The number of hydrogen-bond acceptors (Lipinski definition) is 5. The number of rotatable bonds is 5. The zero-order valence-electron chi connectivity index (χ0n) is 32.6. The summed E-state index contributed by atoms with van der Waals surface area (Å²) in [5, 5.41) is 8.82. The van der Waals surface area contributed by atoms with Gasteiger partial charge < -0.3 is 13.4 Å². The molecule has 0 saturated heterocycles. The van der Waals surface area contributed by atoms with Gasteiger partial charge in [-0.25, -0.2) is 15.0 Å². The van der Waals surface area contributed by atoms with Gasteiger partial charge in [0.15, 0.2) is 23.1 Å². The Morgan fingerprint density at radius 3 is 1.74 bits per heavy atom. The molecule has 0 bridgehead atoms. The van der Waals surface area contributed by atoms with Crippen molar-refractivity contribution in [2.45, 2.75) is 0 Å². The van der Waals surface area contributed by atoms with Gasteiger partial charge in [-0.05, 0) is 82.6 Å². The number of fused-ring (bicyclic) bond motifs is 10. The molecule has 0 aliphatic rings. The summed E-state index contributed by atoms with van der Waals surface area (Å²) in [6, 6.07) is 67.4. The van der Waals surface area contributed by atoms with E-state index in [2.05, 4.69) is 156 Å². The minimum absolute atomic E-state index is 0.527. The van der Waals surface area contributed by atoms with E-state index < -0.39 is 0 Å². The van der Waals surface area contributed by atoms with Crippen LogP contribution in [0.2, 0.25) is 0 Å². The number of para-hydroxylation sites is 3. The van der Waals surface area contributed by atoms with Gasteiger partial charge in [0.1, 0.15) is 22.4 Å². The van der Waals surface area contributed by atoms with Crippen molar-refractivity contribution in [3.8, 4) is 51.0 Å². The molecule has 0 aliphatic carbocycles. The van der Waals surface area contributed by atoms with E-state index in [1.807, 2.05) is 42.5 Å². The molecular weight excluding hydrogens is 749 g/mol. The van der Waals surface area contributed by atoms with E-state index in [1.165, 1.54) is 5.39 Å². The highest BCUT2D eigenvalue weighted by molar-refractivity contribution is 6.17. The molecule has 0 amide bonds. The number of aromatic nitrogens is 4. The molecule has 4 heterocycles. The fraction of sp³-hybridized carbons (Fsp3) is 0. The van der Waals surface area contributed by atoms with Crippen molar-refractivity contribution >= 4 is 76.5 Å². The summed E-state index contributed by atoms with van der Waals surface area (Å²) in [7, 11) is 0. The van der Waals surface area contributed by atoms with Gasteiger partial charge in [-0.2, -0.15) is 0 Å². The predicted molar refractivity (Wildman–Crippen MR) is 248 cm³/mol. The van der Waals surface area contributed by atoms with E-state index in [0.29, 0.717) is 17.5 Å². The van der Waals surface area contributed by atoms with E-state index >= 15 is 0 Å². The molecule has 0 saturated carbocycles. The van der Waals surface area contributed by atoms with Crippen molar-refractivity contribution < 1.29 is 8.83 Å². The monoisotopic (exact) mass is 780 g/mol. The Morgan fingerprint density at radius 1 is 0.328 bits per heavy atom. The van der Waals surface area contributed by atoms with E-state index in [4.69, 9.17) is 23.8 Å². The van der Waals surface area contributed by atoms with Crippen LogP contribution in [0.5, 0.6) is 0 Å². The molecular formula is C55H32N4O2. The van der Waals surface area contributed by atoms with Crippen LogP contribution in [0.3, 0.4) is 0 Å². The number of nitrogens with zero attached hydrogens (tertiary/aromatic N) is 4. The fourth-order valence-corrected chi connectivity index (χ4v) is 9.16. The first-order valence-corrected chi connectivity index (χ1v) is 20.4. The van der Waals surface area contributed by atoms with Crippen molar-refractivity contribution in [2.75, 3.05) is 0 Å². The van der Waals surface area contributed by atoms with Crippen LogP contribution in [0.15, 0.2) is 203 Å². The van der Waals surface area contributed by atoms with Gasteiger partial charge in [-0.1, -0.05) is 133 Å². The van der Waals surface area contributed by atoms with Gasteiger partial charge in [0, 0.05) is 49.0 Å². The number of hydrogen-bond donors (Lipinski definition) is 0. The summed E-state index contributed by atoms with van der Waals surface area (Å²) in [6.45, 7) is 0. The third kappa shape index (κ3) is 5.26.